The first-order chi connectivity index (χ1) is 10.0. The monoisotopic (exact) mass is 290 g/mol. The summed E-state index contributed by atoms with van der Waals surface area (Å²) < 4.78 is 5.06. The maximum atomic E-state index is 12.1. The van der Waals surface area contributed by atoms with E-state index in [2.05, 4.69) is 10.6 Å². The molecule has 0 radical (unpaired) electrons. The van der Waals surface area contributed by atoms with Crippen molar-refractivity contribution in [3.63, 3.8) is 0 Å². The average molecular weight is 290 g/mol. The lowest BCUT2D eigenvalue weighted by Gasteiger charge is -2.08. The summed E-state index contributed by atoms with van der Waals surface area (Å²) in [7, 11) is 1.60. The Hall–Kier alpha value is -2.04. The highest BCUT2D eigenvalue weighted by Gasteiger charge is 2.47. The Morgan fingerprint density at radius 3 is 2.38 bits per heavy atom. The van der Waals surface area contributed by atoms with Gasteiger partial charge in [-0.3, -0.25) is 9.59 Å². The van der Waals surface area contributed by atoms with E-state index >= 15 is 0 Å². The number of carbonyl (C=O) groups excluding carboxylic acids is 2. The van der Waals surface area contributed by atoms with Crippen molar-refractivity contribution in [3.05, 3.63) is 24.3 Å². The smallest absolute Gasteiger partial charge is 0.228 e. The van der Waals surface area contributed by atoms with Crippen molar-refractivity contribution in [3.8, 4) is 5.75 Å². The van der Waals surface area contributed by atoms with Crippen LogP contribution in [-0.2, 0) is 9.59 Å². The summed E-state index contributed by atoms with van der Waals surface area (Å²) in [5.74, 6) is 0.661. The largest absolute Gasteiger partial charge is 0.497 e. The van der Waals surface area contributed by atoms with Crippen LogP contribution in [0.4, 0.5) is 5.69 Å². The summed E-state index contributed by atoms with van der Waals surface area (Å²) in [4.78, 5) is 23.9. The van der Waals surface area contributed by atoms with Gasteiger partial charge in [0.25, 0.3) is 0 Å². The molecule has 1 aliphatic rings. The minimum Gasteiger partial charge on any atom is -0.497 e. The number of ether oxygens (including phenoxy) is 1. The van der Waals surface area contributed by atoms with Crippen molar-refractivity contribution in [2.24, 2.45) is 17.8 Å². The Bertz CT molecular complexity index is 511. The predicted octanol–water partition coefficient (Wildman–Crippen LogP) is 2.04. The first-order valence-corrected chi connectivity index (χ1v) is 7.24. The molecule has 2 amide bonds. The number of anilines is 1. The molecule has 114 valence electrons. The SMILES string of the molecule is COc1ccc(NC(=O)C2CC2C(=O)NCC(C)C)cc1. The Morgan fingerprint density at radius 2 is 1.81 bits per heavy atom. The molecule has 1 aromatic rings. The van der Waals surface area contributed by atoms with E-state index in [0.717, 1.165) is 5.75 Å². The molecule has 0 heterocycles. The van der Waals surface area contributed by atoms with Crippen LogP contribution in [0.15, 0.2) is 24.3 Å². The molecule has 0 spiro atoms. The van der Waals surface area contributed by atoms with Gasteiger partial charge in [-0.05, 0) is 36.6 Å². The molecule has 2 rings (SSSR count). The van der Waals surface area contributed by atoms with Gasteiger partial charge < -0.3 is 15.4 Å². The molecule has 2 atom stereocenters. The molecule has 2 N–H and O–H groups in total. The van der Waals surface area contributed by atoms with E-state index in [4.69, 9.17) is 4.74 Å². The summed E-state index contributed by atoms with van der Waals surface area (Å²) in [6.45, 7) is 4.74. The van der Waals surface area contributed by atoms with Gasteiger partial charge in [0, 0.05) is 12.2 Å². The Morgan fingerprint density at radius 1 is 1.19 bits per heavy atom. The maximum absolute atomic E-state index is 12.1. The van der Waals surface area contributed by atoms with E-state index in [1.165, 1.54) is 0 Å². The quantitative estimate of drug-likeness (QED) is 0.842. The van der Waals surface area contributed by atoms with Crippen LogP contribution in [0, 0.1) is 17.8 Å². The van der Waals surface area contributed by atoms with Gasteiger partial charge in [-0.2, -0.15) is 0 Å². The zero-order valence-electron chi connectivity index (χ0n) is 12.7. The third kappa shape index (κ3) is 4.21. The van der Waals surface area contributed by atoms with Gasteiger partial charge in [-0.15, -0.1) is 0 Å². The first kappa shape index (κ1) is 15.4. The Balaban J connectivity index is 1.81. The minimum absolute atomic E-state index is 0.0152. The van der Waals surface area contributed by atoms with E-state index in [1.54, 1.807) is 31.4 Å². The summed E-state index contributed by atoms with van der Waals surface area (Å²) in [6, 6.07) is 7.14. The molecular formula is C16H22N2O3. The first-order valence-electron chi connectivity index (χ1n) is 7.24. The molecule has 0 bridgehead atoms. The fourth-order valence-electron chi connectivity index (χ4n) is 2.12. The Labute approximate surface area is 125 Å². The van der Waals surface area contributed by atoms with Crippen LogP contribution in [0.5, 0.6) is 5.75 Å². The summed E-state index contributed by atoms with van der Waals surface area (Å²) >= 11 is 0. The fourth-order valence-corrected chi connectivity index (χ4v) is 2.12. The normalized spacial score (nSPS) is 20.0. The van der Waals surface area contributed by atoms with Crippen molar-refractivity contribution >= 4 is 17.5 Å². The molecule has 1 aliphatic carbocycles. The molecule has 5 nitrogen and oxygen atoms in total. The maximum Gasteiger partial charge on any atom is 0.228 e. The van der Waals surface area contributed by atoms with E-state index < -0.39 is 0 Å². The molecule has 1 saturated carbocycles. The van der Waals surface area contributed by atoms with Crippen LogP contribution in [0.2, 0.25) is 0 Å². The minimum atomic E-state index is -0.209. The number of benzene rings is 1. The van der Waals surface area contributed by atoms with Crippen LogP contribution in [0.25, 0.3) is 0 Å². The second-order valence-electron chi connectivity index (χ2n) is 5.81. The number of amides is 2. The van der Waals surface area contributed by atoms with Gasteiger partial charge in [0.05, 0.1) is 18.9 Å². The molecule has 21 heavy (non-hydrogen) atoms. The van der Waals surface area contributed by atoms with Gasteiger partial charge in [0.2, 0.25) is 11.8 Å². The zero-order chi connectivity index (χ0) is 15.4. The lowest BCUT2D eigenvalue weighted by atomic mass is 10.2. The number of carbonyl (C=O) groups is 2. The highest BCUT2D eigenvalue weighted by Crippen LogP contribution is 2.39. The molecular weight excluding hydrogens is 268 g/mol. The zero-order valence-corrected chi connectivity index (χ0v) is 12.7. The molecule has 1 aromatic carbocycles. The third-order valence-corrected chi connectivity index (χ3v) is 3.51. The van der Waals surface area contributed by atoms with E-state index in [0.29, 0.717) is 24.6 Å². The molecule has 2 unspecified atom stereocenters. The van der Waals surface area contributed by atoms with E-state index in [9.17, 15) is 9.59 Å². The van der Waals surface area contributed by atoms with E-state index in [1.807, 2.05) is 13.8 Å². The van der Waals surface area contributed by atoms with Crippen molar-refractivity contribution in [1.29, 1.82) is 0 Å². The van der Waals surface area contributed by atoms with Crippen molar-refractivity contribution < 1.29 is 14.3 Å². The number of rotatable bonds is 6. The lowest BCUT2D eigenvalue weighted by molar-refractivity contribution is -0.125. The fraction of sp³-hybridized carbons (Fsp3) is 0.500. The highest BCUT2D eigenvalue weighted by molar-refractivity contribution is 5.99. The summed E-state index contributed by atoms with van der Waals surface area (Å²) in [6.07, 6.45) is 0.631. The van der Waals surface area contributed by atoms with Crippen molar-refractivity contribution in [2.75, 3.05) is 19.0 Å². The molecule has 0 aromatic heterocycles. The molecule has 0 saturated heterocycles. The van der Waals surface area contributed by atoms with Crippen molar-refractivity contribution in [2.45, 2.75) is 20.3 Å². The standard InChI is InChI=1S/C16H22N2O3/c1-10(2)9-17-15(19)13-8-14(13)16(20)18-11-4-6-12(21-3)7-5-11/h4-7,10,13-14H,8-9H2,1-3H3,(H,17,19)(H,18,20). The van der Waals surface area contributed by atoms with Crippen LogP contribution < -0.4 is 15.4 Å². The Kier molecular flexibility index (Phi) is 4.83. The highest BCUT2D eigenvalue weighted by atomic mass is 16.5. The van der Waals surface area contributed by atoms with Crippen LogP contribution in [-0.4, -0.2) is 25.5 Å². The second-order valence-corrected chi connectivity index (χ2v) is 5.81. The van der Waals surface area contributed by atoms with Crippen LogP contribution in [0.3, 0.4) is 0 Å². The molecule has 0 aliphatic heterocycles. The van der Waals surface area contributed by atoms with Gasteiger partial charge in [-0.1, -0.05) is 13.8 Å². The van der Waals surface area contributed by atoms with Gasteiger partial charge >= 0.3 is 0 Å². The van der Waals surface area contributed by atoms with Crippen molar-refractivity contribution in [1.82, 2.24) is 5.32 Å². The number of hydrogen-bond acceptors (Lipinski definition) is 3. The average Bonchev–Trinajstić information content (AvgIpc) is 3.26. The lowest BCUT2D eigenvalue weighted by Crippen LogP contribution is -2.30. The number of hydrogen-bond donors (Lipinski definition) is 2. The molecule has 1 fully saturated rings. The van der Waals surface area contributed by atoms with Crippen LogP contribution >= 0.6 is 0 Å². The number of nitrogens with one attached hydrogen (secondary N) is 2. The predicted molar refractivity (Wildman–Crippen MR) is 81.1 cm³/mol. The van der Waals surface area contributed by atoms with E-state index in [-0.39, 0.29) is 23.7 Å². The molecule has 5 heteroatoms. The second kappa shape index (κ2) is 6.61. The topological polar surface area (TPSA) is 67.4 Å². The van der Waals surface area contributed by atoms with Crippen LogP contribution in [0.1, 0.15) is 20.3 Å². The van der Waals surface area contributed by atoms with Gasteiger partial charge in [-0.25, -0.2) is 0 Å². The van der Waals surface area contributed by atoms with Gasteiger partial charge in [0.15, 0.2) is 0 Å². The van der Waals surface area contributed by atoms with Gasteiger partial charge in [0.1, 0.15) is 5.75 Å². The number of methoxy groups -OCH3 is 1. The third-order valence-electron chi connectivity index (χ3n) is 3.51. The summed E-state index contributed by atoms with van der Waals surface area (Å²) in [5.41, 5.74) is 0.717. The summed E-state index contributed by atoms with van der Waals surface area (Å²) in [5, 5.41) is 5.70.